The van der Waals surface area contributed by atoms with E-state index in [2.05, 4.69) is 4.98 Å². The zero-order valence-electron chi connectivity index (χ0n) is 7.68. The fourth-order valence-corrected chi connectivity index (χ4v) is 1.07. The molecule has 14 heavy (non-hydrogen) atoms. The molecule has 1 rings (SSSR count). The number of aryl methyl sites for hydroxylation is 1. The van der Waals surface area contributed by atoms with E-state index in [-0.39, 0.29) is 0 Å². The SMILES string of the molecule is N/C(=C/C(=O)O)CCc1cccnc1. The van der Waals surface area contributed by atoms with Crippen molar-refractivity contribution in [2.45, 2.75) is 12.8 Å². The zero-order valence-corrected chi connectivity index (χ0v) is 7.68. The fourth-order valence-electron chi connectivity index (χ4n) is 1.07. The van der Waals surface area contributed by atoms with Gasteiger partial charge in [-0.15, -0.1) is 0 Å². The van der Waals surface area contributed by atoms with E-state index in [0.29, 0.717) is 18.5 Å². The van der Waals surface area contributed by atoms with E-state index >= 15 is 0 Å². The third-order valence-electron chi connectivity index (χ3n) is 1.73. The first-order valence-electron chi connectivity index (χ1n) is 4.26. The summed E-state index contributed by atoms with van der Waals surface area (Å²) < 4.78 is 0. The second-order valence-electron chi connectivity index (χ2n) is 2.92. The van der Waals surface area contributed by atoms with Crippen LogP contribution in [0.15, 0.2) is 36.3 Å². The van der Waals surface area contributed by atoms with Crippen molar-refractivity contribution in [3.8, 4) is 0 Å². The van der Waals surface area contributed by atoms with Crippen LogP contribution in [0.4, 0.5) is 0 Å². The van der Waals surface area contributed by atoms with Crippen molar-refractivity contribution < 1.29 is 9.90 Å². The first kappa shape index (κ1) is 10.2. The molecule has 0 bridgehead atoms. The Morgan fingerprint density at radius 2 is 2.43 bits per heavy atom. The van der Waals surface area contributed by atoms with Gasteiger partial charge in [-0.25, -0.2) is 4.79 Å². The summed E-state index contributed by atoms with van der Waals surface area (Å²) in [5.74, 6) is -1.01. The molecular weight excluding hydrogens is 180 g/mol. The Balaban J connectivity index is 2.45. The summed E-state index contributed by atoms with van der Waals surface area (Å²) in [6.45, 7) is 0. The van der Waals surface area contributed by atoms with Gasteiger partial charge < -0.3 is 10.8 Å². The number of pyridine rings is 1. The standard InChI is InChI=1S/C10H12N2O2/c11-9(6-10(13)14)4-3-8-2-1-5-12-7-8/h1-2,5-7H,3-4,11H2,(H,13,14)/b9-6+. The summed E-state index contributed by atoms with van der Waals surface area (Å²) in [6.07, 6.45) is 5.71. The predicted octanol–water partition coefficient (Wildman–Crippen LogP) is 0.941. The monoisotopic (exact) mass is 192 g/mol. The maximum atomic E-state index is 10.3. The van der Waals surface area contributed by atoms with Gasteiger partial charge in [-0.05, 0) is 24.5 Å². The molecule has 0 amide bonds. The molecule has 0 radical (unpaired) electrons. The molecule has 0 aromatic carbocycles. The van der Waals surface area contributed by atoms with Crippen molar-refractivity contribution >= 4 is 5.97 Å². The van der Waals surface area contributed by atoms with E-state index in [1.54, 1.807) is 12.4 Å². The maximum absolute atomic E-state index is 10.3. The molecule has 0 spiro atoms. The Hall–Kier alpha value is -1.84. The largest absolute Gasteiger partial charge is 0.478 e. The molecule has 4 heteroatoms. The normalized spacial score (nSPS) is 11.3. The van der Waals surface area contributed by atoms with Crippen molar-refractivity contribution in [1.82, 2.24) is 4.98 Å². The first-order chi connectivity index (χ1) is 6.68. The van der Waals surface area contributed by atoms with Crippen LogP contribution in [0.3, 0.4) is 0 Å². The quantitative estimate of drug-likeness (QED) is 0.696. The van der Waals surface area contributed by atoms with Crippen LogP contribution in [0.2, 0.25) is 0 Å². The molecule has 0 fully saturated rings. The van der Waals surface area contributed by atoms with Crippen molar-refractivity contribution in [1.29, 1.82) is 0 Å². The molecule has 0 saturated heterocycles. The van der Waals surface area contributed by atoms with E-state index in [1.165, 1.54) is 0 Å². The van der Waals surface area contributed by atoms with Crippen LogP contribution in [0.25, 0.3) is 0 Å². The molecule has 4 nitrogen and oxygen atoms in total. The van der Waals surface area contributed by atoms with Gasteiger partial charge in [0, 0.05) is 24.2 Å². The van der Waals surface area contributed by atoms with Gasteiger partial charge in [-0.3, -0.25) is 4.98 Å². The smallest absolute Gasteiger partial charge is 0.330 e. The van der Waals surface area contributed by atoms with Gasteiger partial charge in [0.2, 0.25) is 0 Å². The minimum Gasteiger partial charge on any atom is -0.478 e. The molecule has 0 unspecified atom stereocenters. The van der Waals surface area contributed by atoms with Crippen molar-refractivity contribution in [3.63, 3.8) is 0 Å². The van der Waals surface area contributed by atoms with Gasteiger partial charge in [-0.2, -0.15) is 0 Å². The molecular formula is C10H12N2O2. The van der Waals surface area contributed by atoms with Gasteiger partial charge in [-0.1, -0.05) is 6.07 Å². The molecule has 1 heterocycles. The summed E-state index contributed by atoms with van der Waals surface area (Å²) in [7, 11) is 0. The molecule has 0 aliphatic rings. The summed E-state index contributed by atoms with van der Waals surface area (Å²) in [5, 5.41) is 8.41. The van der Waals surface area contributed by atoms with E-state index in [9.17, 15) is 4.79 Å². The average Bonchev–Trinajstić information content (AvgIpc) is 2.15. The summed E-state index contributed by atoms with van der Waals surface area (Å²) in [6, 6.07) is 3.77. The molecule has 0 atom stereocenters. The highest BCUT2D eigenvalue weighted by Gasteiger charge is 1.97. The highest BCUT2D eigenvalue weighted by Crippen LogP contribution is 2.03. The van der Waals surface area contributed by atoms with Crippen LogP contribution in [0.5, 0.6) is 0 Å². The number of carboxylic acid groups (broad SMARTS) is 1. The minimum atomic E-state index is -1.01. The summed E-state index contributed by atoms with van der Waals surface area (Å²) >= 11 is 0. The minimum absolute atomic E-state index is 0.376. The van der Waals surface area contributed by atoms with E-state index in [1.807, 2.05) is 12.1 Å². The number of allylic oxidation sites excluding steroid dienone is 1. The Kier molecular flexibility index (Phi) is 3.67. The third kappa shape index (κ3) is 3.71. The van der Waals surface area contributed by atoms with Crippen LogP contribution in [0, 0.1) is 0 Å². The van der Waals surface area contributed by atoms with E-state index in [4.69, 9.17) is 10.8 Å². The number of aromatic nitrogens is 1. The van der Waals surface area contributed by atoms with Crippen molar-refractivity contribution in [2.75, 3.05) is 0 Å². The molecule has 1 aromatic heterocycles. The summed E-state index contributed by atoms with van der Waals surface area (Å²) in [4.78, 5) is 14.2. The second kappa shape index (κ2) is 5.01. The van der Waals surface area contributed by atoms with Crippen molar-refractivity contribution in [3.05, 3.63) is 41.9 Å². The number of carbonyl (C=O) groups is 1. The van der Waals surface area contributed by atoms with E-state index in [0.717, 1.165) is 11.6 Å². The number of nitrogens with zero attached hydrogens (tertiary/aromatic N) is 1. The fraction of sp³-hybridized carbons (Fsp3) is 0.200. The lowest BCUT2D eigenvalue weighted by Crippen LogP contribution is -2.03. The summed E-state index contributed by atoms with van der Waals surface area (Å²) in [5.41, 5.74) is 6.91. The zero-order chi connectivity index (χ0) is 10.4. The molecule has 74 valence electrons. The number of aliphatic carboxylic acids is 1. The highest BCUT2D eigenvalue weighted by molar-refractivity contribution is 5.80. The number of carboxylic acids is 1. The predicted molar refractivity (Wildman–Crippen MR) is 52.5 cm³/mol. The van der Waals surface area contributed by atoms with Gasteiger partial charge in [0.25, 0.3) is 0 Å². The lowest BCUT2D eigenvalue weighted by Gasteiger charge is -2.00. The second-order valence-corrected chi connectivity index (χ2v) is 2.92. The Bertz CT molecular complexity index is 333. The van der Waals surface area contributed by atoms with Crippen LogP contribution < -0.4 is 5.73 Å². The number of hydrogen-bond donors (Lipinski definition) is 2. The number of rotatable bonds is 4. The first-order valence-corrected chi connectivity index (χ1v) is 4.26. The molecule has 0 saturated carbocycles. The average molecular weight is 192 g/mol. The van der Waals surface area contributed by atoms with Gasteiger partial charge in [0.15, 0.2) is 0 Å². The maximum Gasteiger partial charge on any atom is 0.330 e. The van der Waals surface area contributed by atoms with Crippen molar-refractivity contribution in [2.24, 2.45) is 5.73 Å². The van der Waals surface area contributed by atoms with Crippen LogP contribution >= 0.6 is 0 Å². The Morgan fingerprint density at radius 3 is 3.00 bits per heavy atom. The third-order valence-corrected chi connectivity index (χ3v) is 1.73. The topological polar surface area (TPSA) is 76.2 Å². The lowest BCUT2D eigenvalue weighted by atomic mass is 10.1. The van der Waals surface area contributed by atoms with Gasteiger partial charge in [0.05, 0.1) is 0 Å². The molecule has 1 aromatic rings. The van der Waals surface area contributed by atoms with E-state index < -0.39 is 5.97 Å². The van der Waals surface area contributed by atoms with Gasteiger partial charge >= 0.3 is 5.97 Å². The molecule has 0 aliphatic carbocycles. The Morgan fingerprint density at radius 1 is 1.64 bits per heavy atom. The van der Waals surface area contributed by atoms with Crippen LogP contribution in [-0.2, 0) is 11.2 Å². The Labute approximate surface area is 82.1 Å². The molecule has 3 N–H and O–H groups in total. The lowest BCUT2D eigenvalue weighted by molar-refractivity contribution is -0.131. The van der Waals surface area contributed by atoms with Gasteiger partial charge in [0.1, 0.15) is 0 Å². The highest BCUT2D eigenvalue weighted by atomic mass is 16.4. The van der Waals surface area contributed by atoms with Crippen LogP contribution in [-0.4, -0.2) is 16.1 Å². The number of hydrogen-bond acceptors (Lipinski definition) is 3. The number of nitrogens with two attached hydrogens (primary N) is 1. The molecule has 0 aliphatic heterocycles. The van der Waals surface area contributed by atoms with Crippen LogP contribution in [0.1, 0.15) is 12.0 Å².